The second-order valence-electron chi connectivity index (χ2n) is 5.56. The lowest BCUT2D eigenvalue weighted by atomic mass is 9.87. The van der Waals surface area contributed by atoms with Gasteiger partial charge in [0.05, 0.1) is 24.5 Å². The maximum atomic E-state index is 11.3. The highest BCUT2D eigenvalue weighted by atomic mass is 32.2. The number of hydrogen-bond acceptors (Lipinski definition) is 8. The van der Waals surface area contributed by atoms with Gasteiger partial charge in [0.25, 0.3) is 20.2 Å². The molecule has 14 heteroatoms. The number of hydrogen-bond donors (Lipinski definition) is 6. The molecule has 12 nitrogen and oxygen atoms in total. The molecule has 1 amide bonds. The van der Waals surface area contributed by atoms with Crippen molar-refractivity contribution < 1.29 is 50.8 Å². The van der Waals surface area contributed by atoms with Crippen molar-refractivity contribution in [3.8, 4) is 0 Å². The van der Waals surface area contributed by atoms with Crippen LogP contribution in [-0.4, -0.2) is 83.9 Å². The van der Waals surface area contributed by atoms with Crippen LogP contribution >= 0.6 is 0 Å². The van der Waals surface area contributed by atoms with Crippen LogP contribution in [0.15, 0.2) is 0 Å². The molecule has 0 aromatic heterocycles. The molecular weight excluding hydrogens is 386 g/mol. The summed E-state index contributed by atoms with van der Waals surface area (Å²) in [5, 5.41) is 29.0. The van der Waals surface area contributed by atoms with Crippen LogP contribution < -0.4 is 5.32 Å². The molecule has 1 atom stereocenters. The zero-order chi connectivity index (χ0) is 20.5. The van der Waals surface area contributed by atoms with E-state index in [0.717, 1.165) is 0 Å². The largest absolute Gasteiger partial charge is 0.481 e. The standard InChI is InChI=1S/C9H17NO5.C2H6O6S2/c1-9(2,5-11)7(14)8(15)10-4-3-6(12)13;3-9(4,5)1-2-10(6,7)8/h7,11,14H,3-5H2,1-2H3,(H,10,15)(H,12,13);1-2H2,(H,3,4,5)(H,6,7,8)/t7-;/m0./s1. The Hall–Kier alpha value is -1.32. The number of carboxylic acids is 1. The number of nitrogens with one attached hydrogen (secondary N) is 1. The fraction of sp³-hybridized carbons (Fsp3) is 0.818. The van der Waals surface area contributed by atoms with Crippen molar-refractivity contribution in [2.24, 2.45) is 5.41 Å². The number of carbonyl (C=O) groups is 2. The van der Waals surface area contributed by atoms with E-state index in [4.69, 9.17) is 19.3 Å². The molecule has 0 aromatic rings. The first-order chi connectivity index (χ1) is 11.0. The SMILES string of the molecule is CC(C)(CO)[C@@H](O)C(=O)NCCC(=O)O.O=S(=O)(O)CCS(=O)(=O)O. The van der Waals surface area contributed by atoms with Crippen molar-refractivity contribution in [1.29, 1.82) is 0 Å². The Morgan fingerprint density at radius 1 is 1.04 bits per heavy atom. The minimum Gasteiger partial charge on any atom is -0.481 e. The molecule has 0 aliphatic carbocycles. The van der Waals surface area contributed by atoms with E-state index in [0.29, 0.717) is 0 Å². The highest BCUT2D eigenvalue weighted by Gasteiger charge is 2.32. The van der Waals surface area contributed by atoms with Crippen molar-refractivity contribution in [1.82, 2.24) is 5.32 Å². The molecule has 0 rings (SSSR count). The number of amides is 1. The Labute approximate surface area is 145 Å². The Kier molecular flexibility index (Phi) is 11.0. The number of carboxylic acid groups (broad SMARTS) is 1. The first-order valence-electron chi connectivity index (χ1n) is 6.70. The van der Waals surface area contributed by atoms with Crippen molar-refractivity contribution >= 4 is 32.1 Å². The van der Waals surface area contributed by atoms with Crippen molar-refractivity contribution in [3.05, 3.63) is 0 Å². The lowest BCUT2D eigenvalue weighted by molar-refractivity contribution is -0.138. The van der Waals surface area contributed by atoms with Gasteiger partial charge < -0.3 is 20.6 Å². The van der Waals surface area contributed by atoms with E-state index in [1.54, 1.807) is 0 Å². The molecule has 6 N–H and O–H groups in total. The highest BCUT2D eigenvalue weighted by molar-refractivity contribution is 7.89. The number of carbonyl (C=O) groups excluding carboxylic acids is 1. The molecule has 0 aromatic carbocycles. The van der Waals surface area contributed by atoms with Crippen LogP contribution in [0.25, 0.3) is 0 Å². The average Bonchev–Trinajstić information content (AvgIpc) is 2.43. The van der Waals surface area contributed by atoms with Crippen LogP contribution in [0.1, 0.15) is 20.3 Å². The summed E-state index contributed by atoms with van der Waals surface area (Å²) >= 11 is 0. The normalized spacial score (nSPS) is 13.4. The Balaban J connectivity index is 0. The van der Waals surface area contributed by atoms with Gasteiger partial charge in [-0.05, 0) is 0 Å². The summed E-state index contributed by atoms with van der Waals surface area (Å²) in [6, 6.07) is 0. The molecule has 0 fully saturated rings. The van der Waals surface area contributed by atoms with Gasteiger partial charge in [-0.1, -0.05) is 13.8 Å². The number of aliphatic hydroxyl groups is 2. The second kappa shape index (κ2) is 10.6. The molecule has 0 spiro atoms. The van der Waals surface area contributed by atoms with Crippen LogP contribution in [0.5, 0.6) is 0 Å². The van der Waals surface area contributed by atoms with Gasteiger partial charge in [0.15, 0.2) is 0 Å². The topological polar surface area (TPSA) is 216 Å². The number of aliphatic hydroxyl groups excluding tert-OH is 2. The van der Waals surface area contributed by atoms with Gasteiger partial charge in [-0.2, -0.15) is 16.8 Å². The molecule has 0 saturated carbocycles. The fourth-order valence-electron chi connectivity index (χ4n) is 1.04. The van der Waals surface area contributed by atoms with E-state index in [9.17, 15) is 31.5 Å². The molecule has 0 aliphatic rings. The Morgan fingerprint density at radius 3 is 1.72 bits per heavy atom. The smallest absolute Gasteiger partial charge is 0.305 e. The van der Waals surface area contributed by atoms with Crippen LogP contribution in [-0.2, 0) is 29.8 Å². The number of rotatable bonds is 9. The molecule has 0 aliphatic heterocycles. The first kappa shape index (κ1) is 25.9. The third-order valence-electron chi connectivity index (χ3n) is 2.63. The predicted octanol–water partition coefficient (Wildman–Crippen LogP) is -2.28. The summed E-state index contributed by atoms with van der Waals surface area (Å²) in [4.78, 5) is 21.4. The molecule has 0 unspecified atom stereocenters. The van der Waals surface area contributed by atoms with E-state index in [-0.39, 0.29) is 19.6 Å². The summed E-state index contributed by atoms with van der Waals surface area (Å²) in [5.74, 6) is -3.65. The minimum atomic E-state index is -4.30. The van der Waals surface area contributed by atoms with Crippen LogP contribution in [0.2, 0.25) is 0 Å². The zero-order valence-corrected chi connectivity index (χ0v) is 15.2. The molecule has 0 heterocycles. The van der Waals surface area contributed by atoms with E-state index in [2.05, 4.69) is 5.32 Å². The molecule has 0 saturated heterocycles. The van der Waals surface area contributed by atoms with Crippen molar-refractivity contribution in [2.45, 2.75) is 26.4 Å². The van der Waals surface area contributed by atoms with Gasteiger partial charge in [0.2, 0.25) is 5.91 Å². The molecule has 0 radical (unpaired) electrons. The molecule has 25 heavy (non-hydrogen) atoms. The quantitative estimate of drug-likeness (QED) is 0.223. The first-order valence-corrected chi connectivity index (χ1v) is 9.92. The molecular formula is C11H23NO11S2. The van der Waals surface area contributed by atoms with E-state index >= 15 is 0 Å². The Morgan fingerprint density at radius 2 is 1.44 bits per heavy atom. The van der Waals surface area contributed by atoms with Crippen molar-refractivity contribution in [3.63, 3.8) is 0 Å². The third kappa shape index (κ3) is 15.9. The summed E-state index contributed by atoms with van der Waals surface area (Å²) < 4.78 is 55.4. The summed E-state index contributed by atoms with van der Waals surface area (Å²) in [6.07, 6.45) is -1.55. The van der Waals surface area contributed by atoms with Gasteiger partial charge in [-0.25, -0.2) is 0 Å². The average molecular weight is 409 g/mol. The van der Waals surface area contributed by atoms with Gasteiger partial charge in [0.1, 0.15) is 6.10 Å². The fourth-order valence-corrected chi connectivity index (χ4v) is 2.73. The van der Waals surface area contributed by atoms with Gasteiger partial charge in [-0.15, -0.1) is 0 Å². The monoisotopic (exact) mass is 409 g/mol. The van der Waals surface area contributed by atoms with Crippen LogP contribution in [0.3, 0.4) is 0 Å². The lowest BCUT2D eigenvalue weighted by Crippen LogP contribution is -2.45. The van der Waals surface area contributed by atoms with Gasteiger partial charge >= 0.3 is 5.97 Å². The number of aliphatic carboxylic acids is 1. The summed E-state index contributed by atoms with van der Waals surface area (Å²) in [5.41, 5.74) is -0.937. The van der Waals surface area contributed by atoms with Crippen LogP contribution in [0, 0.1) is 5.41 Å². The van der Waals surface area contributed by atoms with Crippen molar-refractivity contribution in [2.75, 3.05) is 24.7 Å². The third-order valence-corrected chi connectivity index (χ3v) is 4.33. The summed E-state index contributed by atoms with van der Waals surface area (Å²) in [7, 11) is -8.59. The van der Waals surface area contributed by atoms with E-state index in [1.807, 2.05) is 0 Å². The Bertz CT molecular complexity index is 607. The van der Waals surface area contributed by atoms with Gasteiger partial charge in [-0.3, -0.25) is 18.7 Å². The van der Waals surface area contributed by atoms with Gasteiger partial charge in [0, 0.05) is 12.0 Å². The molecule has 0 bridgehead atoms. The van der Waals surface area contributed by atoms with Crippen LogP contribution in [0.4, 0.5) is 0 Å². The molecule has 150 valence electrons. The summed E-state index contributed by atoms with van der Waals surface area (Å²) in [6.45, 7) is 2.70. The van der Waals surface area contributed by atoms with E-state index in [1.165, 1.54) is 13.8 Å². The predicted molar refractivity (Wildman–Crippen MR) is 85.0 cm³/mol. The van der Waals surface area contributed by atoms with E-state index < -0.39 is 55.1 Å². The lowest BCUT2D eigenvalue weighted by Gasteiger charge is -2.26. The highest BCUT2D eigenvalue weighted by Crippen LogP contribution is 2.19. The maximum absolute atomic E-state index is 11.3. The minimum absolute atomic E-state index is 0.0350. The zero-order valence-electron chi connectivity index (χ0n) is 13.6. The second-order valence-corrected chi connectivity index (χ2v) is 8.70. The maximum Gasteiger partial charge on any atom is 0.305 e.